The second-order valence-corrected chi connectivity index (χ2v) is 7.59. The number of carbonyl (C=O) groups excluding carboxylic acids is 2. The van der Waals surface area contributed by atoms with Gasteiger partial charge in [-0.05, 0) is 37.5 Å². The van der Waals surface area contributed by atoms with Crippen LogP contribution in [0.2, 0.25) is 0 Å². The average Bonchev–Trinajstić information content (AvgIpc) is 3.03. The second kappa shape index (κ2) is 7.54. The number of nitrogens with one attached hydrogen (secondary N) is 2. The zero-order chi connectivity index (χ0) is 19.6. The minimum atomic E-state index is -0.561. The SMILES string of the molecule is Cc1cccc(CNC(=O)N2CCC3(CC2)C(=O)NCN3c2ccccc2)c1. The lowest BCUT2D eigenvalue weighted by Crippen LogP contribution is -2.58. The molecule has 2 fully saturated rings. The van der Waals surface area contributed by atoms with Gasteiger partial charge in [0.2, 0.25) is 5.91 Å². The summed E-state index contributed by atoms with van der Waals surface area (Å²) >= 11 is 0. The van der Waals surface area contributed by atoms with Gasteiger partial charge in [-0.2, -0.15) is 0 Å². The molecule has 1 spiro atoms. The number of amides is 3. The van der Waals surface area contributed by atoms with Crippen molar-refractivity contribution in [3.63, 3.8) is 0 Å². The van der Waals surface area contributed by atoms with Crippen LogP contribution in [0.25, 0.3) is 0 Å². The first-order valence-corrected chi connectivity index (χ1v) is 9.78. The highest BCUT2D eigenvalue weighted by molar-refractivity contribution is 5.93. The molecular weight excluding hydrogens is 352 g/mol. The smallest absolute Gasteiger partial charge is 0.317 e. The highest BCUT2D eigenvalue weighted by atomic mass is 16.2. The van der Waals surface area contributed by atoms with E-state index in [2.05, 4.69) is 21.6 Å². The molecule has 0 aromatic heterocycles. The molecule has 2 N–H and O–H groups in total. The standard InChI is InChI=1S/C22H26N4O2/c1-17-6-5-7-18(14-17)15-23-21(28)25-12-10-22(11-13-25)20(27)24-16-26(22)19-8-3-2-4-9-19/h2-9,14H,10-13,15-16H2,1H3,(H,23,28)(H,24,27). The van der Waals surface area contributed by atoms with Crippen molar-refractivity contribution in [2.75, 3.05) is 24.7 Å². The van der Waals surface area contributed by atoms with Crippen LogP contribution in [0.1, 0.15) is 24.0 Å². The van der Waals surface area contributed by atoms with E-state index in [0.29, 0.717) is 39.1 Å². The number of anilines is 1. The number of para-hydroxylation sites is 1. The Hall–Kier alpha value is -3.02. The fourth-order valence-corrected chi connectivity index (χ4v) is 4.22. The minimum Gasteiger partial charge on any atom is -0.339 e. The Bertz CT molecular complexity index is 860. The third-order valence-corrected chi connectivity index (χ3v) is 5.81. The maximum absolute atomic E-state index is 12.7. The Morgan fingerprint density at radius 2 is 1.86 bits per heavy atom. The molecule has 6 heteroatoms. The number of nitrogens with zero attached hydrogens (tertiary/aromatic N) is 2. The van der Waals surface area contributed by atoms with Crippen molar-refractivity contribution >= 4 is 17.6 Å². The molecule has 2 saturated heterocycles. The Morgan fingerprint density at radius 3 is 2.57 bits per heavy atom. The van der Waals surface area contributed by atoms with Crippen LogP contribution in [-0.2, 0) is 11.3 Å². The van der Waals surface area contributed by atoms with Crippen molar-refractivity contribution in [3.8, 4) is 0 Å². The van der Waals surface area contributed by atoms with Crippen LogP contribution in [0.3, 0.4) is 0 Å². The van der Waals surface area contributed by atoms with E-state index >= 15 is 0 Å². The summed E-state index contributed by atoms with van der Waals surface area (Å²) in [6.45, 7) is 4.20. The molecule has 0 radical (unpaired) electrons. The van der Waals surface area contributed by atoms with Crippen molar-refractivity contribution in [3.05, 3.63) is 65.7 Å². The van der Waals surface area contributed by atoms with Crippen LogP contribution in [0.15, 0.2) is 54.6 Å². The lowest BCUT2D eigenvalue weighted by atomic mass is 9.85. The summed E-state index contributed by atoms with van der Waals surface area (Å²) in [7, 11) is 0. The van der Waals surface area contributed by atoms with Gasteiger partial charge in [-0.25, -0.2) is 4.79 Å². The Labute approximate surface area is 165 Å². The molecule has 0 bridgehead atoms. The summed E-state index contributed by atoms with van der Waals surface area (Å²) < 4.78 is 0. The summed E-state index contributed by atoms with van der Waals surface area (Å²) in [5.74, 6) is 0.0659. The van der Waals surface area contributed by atoms with Gasteiger partial charge in [0.15, 0.2) is 0 Å². The molecule has 2 aromatic rings. The zero-order valence-corrected chi connectivity index (χ0v) is 16.1. The summed E-state index contributed by atoms with van der Waals surface area (Å²) in [5.41, 5.74) is 2.75. The van der Waals surface area contributed by atoms with Crippen LogP contribution >= 0.6 is 0 Å². The number of urea groups is 1. The first-order valence-electron chi connectivity index (χ1n) is 9.78. The van der Waals surface area contributed by atoms with Crippen LogP contribution in [0.5, 0.6) is 0 Å². The molecule has 0 saturated carbocycles. The van der Waals surface area contributed by atoms with Gasteiger partial charge in [-0.15, -0.1) is 0 Å². The lowest BCUT2D eigenvalue weighted by molar-refractivity contribution is -0.124. The molecular formula is C22H26N4O2. The molecule has 6 nitrogen and oxygen atoms in total. The fourth-order valence-electron chi connectivity index (χ4n) is 4.22. The topological polar surface area (TPSA) is 64.7 Å². The van der Waals surface area contributed by atoms with Gasteiger partial charge < -0.3 is 20.4 Å². The maximum Gasteiger partial charge on any atom is 0.317 e. The number of piperidine rings is 1. The first-order chi connectivity index (χ1) is 13.6. The summed E-state index contributed by atoms with van der Waals surface area (Å²) in [6.07, 6.45) is 1.26. The average molecular weight is 378 g/mol. The third kappa shape index (κ3) is 3.42. The maximum atomic E-state index is 12.7. The number of aryl methyl sites for hydroxylation is 1. The molecule has 28 heavy (non-hydrogen) atoms. The van der Waals surface area contributed by atoms with Crippen LogP contribution < -0.4 is 15.5 Å². The normalized spacial score (nSPS) is 18.2. The summed E-state index contributed by atoms with van der Waals surface area (Å²) in [4.78, 5) is 29.2. The Morgan fingerprint density at radius 1 is 1.11 bits per heavy atom. The number of hydrogen-bond donors (Lipinski definition) is 2. The van der Waals surface area contributed by atoms with Crippen molar-refractivity contribution in [1.82, 2.24) is 15.5 Å². The summed E-state index contributed by atoms with van der Waals surface area (Å²) in [5, 5.41) is 5.99. The first kappa shape index (κ1) is 18.3. The van der Waals surface area contributed by atoms with Gasteiger partial charge in [-0.1, -0.05) is 48.0 Å². The van der Waals surface area contributed by atoms with Gasteiger partial charge in [-0.3, -0.25) is 4.79 Å². The molecule has 3 amide bonds. The van der Waals surface area contributed by atoms with E-state index in [-0.39, 0.29) is 11.9 Å². The van der Waals surface area contributed by atoms with E-state index in [1.54, 1.807) is 0 Å². The van der Waals surface area contributed by atoms with E-state index in [4.69, 9.17) is 0 Å². The lowest BCUT2D eigenvalue weighted by Gasteiger charge is -2.43. The van der Waals surface area contributed by atoms with E-state index in [1.807, 2.05) is 60.4 Å². The van der Waals surface area contributed by atoms with Gasteiger partial charge in [0.25, 0.3) is 0 Å². The highest BCUT2D eigenvalue weighted by Gasteiger charge is 2.50. The molecule has 0 atom stereocenters. The highest BCUT2D eigenvalue weighted by Crippen LogP contribution is 2.36. The Balaban J connectivity index is 1.39. The molecule has 2 aliphatic heterocycles. The Kier molecular flexibility index (Phi) is 4.94. The predicted molar refractivity (Wildman–Crippen MR) is 109 cm³/mol. The van der Waals surface area contributed by atoms with Crippen LogP contribution in [-0.4, -0.2) is 42.1 Å². The largest absolute Gasteiger partial charge is 0.339 e. The molecule has 2 aromatic carbocycles. The number of benzene rings is 2. The van der Waals surface area contributed by atoms with Crippen molar-refractivity contribution in [1.29, 1.82) is 0 Å². The number of carbonyl (C=O) groups is 2. The van der Waals surface area contributed by atoms with Gasteiger partial charge >= 0.3 is 6.03 Å². The summed E-state index contributed by atoms with van der Waals surface area (Å²) in [6, 6.07) is 18.1. The van der Waals surface area contributed by atoms with Crippen LogP contribution in [0, 0.1) is 6.92 Å². The molecule has 146 valence electrons. The monoisotopic (exact) mass is 378 g/mol. The second-order valence-electron chi connectivity index (χ2n) is 7.59. The van der Waals surface area contributed by atoms with E-state index < -0.39 is 5.54 Å². The minimum absolute atomic E-state index is 0.0659. The fraction of sp³-hybridized carbons (Fsp3) is 0.364. The van der Waals surface area contributed by atoms with Crippen molar-refractivity contribution < 1.29 is 9.59 Å². The van der Waals surface area contributed by atoms with E-state index in [9.17, 15) is 9.59 Å². The number of rotatable bonds is 3. The van der Waals surface area contributed by atoms with E-state index in [1.165, 1.54) is 5.56 Å². The number of likely N-dealkylation sites (tertiary alicyclic amines) is 1. The van der Waals surface area contributed by atoms with Crippen LogP contribution in [0.4, 0.5) is 10.5 Å². The molecule has 4 rings (SSSR count). The number of hydrogen-bond acceptors (Lipinski definition) is 3. The quantitative estimate of drug-likeness (QED) is 0.863. The molecule has 2 heterocycles. The van der Waals surface area contributed by atoms with Gasteiger partial charge in [0.1, 0.15) is 5.54 Å². The molecule has 0 unspecified atom stereocenters. The van der Waals surface area contributed by atoms with Gasteiger partial charge in [0, 0.05) is 25.3 Å². The van der Waals surface area contributed by atoms with Crippen molar-refractivity contribution in [2.24, 2.45) is 0 Å². The molecule has 0 aliphatic carbocycles. The predicted octanol–water partition coefficient (Wildman–Crippen LogP) is 2.63. The third-order valence-electron chi connectivity index (χ3n) is 5.81. The van der Waals surface area contributed by atoms with E-state index in [0.717, 1.165) is 11.3 Å². The van der Waals surface area contributed by atoms with Crippen molar-refractivity contribution in [2.45, 2.75) is 31.8 Å². The zero-order valence-electron chi connectivity index (χ0n) is 16.1. The molecule has 2 aliphatic rings. The van der Waals surface area contributed by atoms with Gasteiger partial charge in [0.05, 0.1) is 6.67 Å².